The molecule has 0 unspecified atom stereocenters. The van der Waals surface area contributed by atoms with Gasteiger partial charge in [0.15, 0.2) is 0 Å². The number of rotatable bonds is 5. The number of carbonyl (C=O) groups excluding carboxylic acids is 2. The Kier molecular flexibility index (Phi) is 4.23. The van der Waals surface area contributed by atoms with Crippen LogP contribution in [0.3, 0.4) is 0 Å². The molecule has 0 fully saturated rings. The highest BCUT2D eigenvalue weighted by atomic mass is 35.5. The summed E-state index contributed by atoms with van der Waals surface area (Å²) >= 11 is 5.78. The quantitative estimate of drug-likeness (QED) is 0.491. The highest BCUT2D eigenvalue weighted by molar-refractivity contribution is 6.49. The normalized spacial score (nSPS) is 9.76. The minimum atomic E-state index is -1.35. The second-order valence-electron chi connectivity index (χ2n) is 3.17. The first-order valence-electron chi connectivity index (χ1n) is 4.58. The van der Waals surface area contributed by atoms with Crippen LogP contribution in [0.1, 0.15) is 16.8 Å². The zero-order valence-corrected chi connectivity index (χ0v) is 9.65. The van der Waals surface area contributed by atoms with Crippen molar-refractivity contribution in [3.05, 3.63) is 28.8 Å². The number of carboxylic acids is 1. The Bertz CT molecular complexity index is 481. The van der Waals surface area contributed by atoms with Crippen LogP contribution in [-0.4, -0.2) is 29.8 Å². The standard InChI is InChI=1S/C11H9ClO5/c1-17-6-2-3-7(8(12)4-6)11(16)9(13)5-10(14)15/h2-4H,5H2,1H3,(H,14,15). The Hall–Kier alpha value is -1.88. The van der Waals surface area contributed by atoms with Gasteiger partial charge in [-0.1, -0.05) is 11.6 Å². The van der Waals surface area contributed by atoms with Gasteiger partial charge in [0.25, 0.3) is 0 Å². The Morgan fingerprint density at radius 2 is 2.00 bits per heavy atom. The molecule has 0 atom stereocenters. The van der Waals surface area contributed by atoms with Crippen molar-refractivity contribution in [1.82, 2.24) is 0 Å². The molecule has 1 rings (SSSR count). The van der Waals surface area contributed by atoms with E-state index in [1.54, 1.807) is 0 Å². The molecule has 0 saturated heterocycles. The summed E-state index contributed by atoms with van der Waals surface area (Å²) in [5.41, 5.74) is -0.0290. The molecule has 0 aliphatic rings. The summed E-state index contributed by atoms with van der Waals surface area (Å²) in [7, 11) is 1.43. The Morgan fingerprint density at radius 3 is 2.47 bits per heavy atom. The van der Waals surface area contributed by atoms with Crippen molar-refractivity contribution in [3.63, 3.8) is 0 Å². The zero-order valence-electron chi connectivity index (χ0n) is 8.90. The molecule has 0 saturated carbocycles. The number of hydrogen-bond acceptors (Lipinski definition) is 4. The number of methoxy groups -OCH3 is 1. The molecule has 90 valence electrons. The topological polar surface area (TPSA) is 80.7 Å². The van der Waals surface area contributed by atoms with Crippen LogP contribution >= 0.6 is 11.6 Å². The van der Waals surface area contributed by atoms with Gasteiger partial charge in [-0.15, -0.1) is 0 Å². The molecule has 1 aromatic carbocycles. The lowest BCUT2D eigenvalue weighted by Gasteiger charge is -2.04. The molecule has 0 radical (unpaired) electrons. The number of halogens is 1. The van der Waals surface area contributed by atoms with E-state index in [2.05, 4.69) is 0 Å². The average Bonchev–Trinajstić information content (AvgIpc) is 2.27. The lowest BCUT2D eigenvalue weighted by atomic mass is 10.1. The second kappa shape index (κ2) is 5.45. The summed E-state index contributed by atoms with van der Waals surface area (Å²) in [5, 5.41) is 8.45. The third kappa shape index (κ3) is 3.29. The van der Waals surface area contributed by atoms with Crippen LogP contribution in [0.5, 0.6) is 5.75 Å². The fourth-order valence-corrected chi connectivity index (χ4v) is 1.43. The Morgan fingerprint density at radius 1 is 1.35 bits per heavy atom. The van der Waals surface area contributed by atoms with Gasteiger partial charge in [-0.25, -0.2) is 0 Å². The number of ether oxygens (including phenoxy) is 1. The number of carboxylic acid groups (broad SMARTS) is 1. The maximum atomic E-state index is 11.6. The lowest BCUT2D eigenvalue weighted by Crippen LogP contribution is -2.18. The van der Waals surface area contributed by atoms with Gasteiger partial charge in [-0.05, 0) is 18.2 Å². The maximum absolute atomic E-state index is 11.6. The van der Waals surface area contributed by atoms with Gasteiger partial charge in [0.2, 0.25) is 11.6 Å². The molecule has 0 aromatic heterocycles. The van der Waals surface area contributed by atoms with Crippen molar-refractivity contribution in [1.29, 1.82) is 0 Å². The summed E-state index contributed by atoms with van der Waals surface area (Å²) in [6.45, 7) is 0. The van der Waals surface area contributed by atoms with Crippen molar-refractivity contribution >= 4 is 29.1 Å². The Balaban J connectivity index is 2.97. The highest BCUT2D eigenvalue weighted by Crippen LogP contribution is 2.23. The van der Waals surface area contributed by atoms with Crippen LogP contribution in [0.2, 0.25) is 5.02 Å². The molecule has 1 N–H and O–H groups in total. The summed E-state index contributed by atoms with van der Waals surface area (Å²) in [6.07, 6.45) is -0.846. The molecule has 1 aromatic rings. The van der Waals surface area contributed by atoms with Crippen LogP contribution in [0.25, 0.3) is 0 Å². The summed E-state index contributed by atoms with van der Waals surface area (Å²) < 4.78 is 4.88. The second-order valence-corrected chi connectivity index (χ2v) is 3.58. The van der Waals surface area contributed by atoms with E-state index in [1.807, 2.05) is 0 Å². The molecular weight excluding hydrogens is 248 g/mol. The van der Waals surface area contributed by atoms with Crippen molar-refractivity contribution in [2.75, 3.05) is 7.11 Å². The van der Waals surface area contributed by atoms with E-state index in [-0.39, 0.29) is 10.6 Å². The molecule has 0 amide bonds. The van der Waals surface area contributed by atoms with Crippen LogP contribution in [0.15, 0.2) is 18.2 Å². The highest BCUT2D eigenvalue weighted by Gasteiger charge is 2.21. The predicted molar refractivity (Wildman–Crippen MR) is 59.6 cm³/mol. The van der Waals surface area contributed by atoms with Crippen LogP contribution in [0.4, 0.5) is 0 Å². The van der Waals surface area contributed by atoms with E-state index < -0.39 is 24.0 Å². The minimum absolute atomic E-state index is 0.0290. The van der Waals surface area contributed by atoms with E-state index >= 15 is 0 Å². The number of benzene rings is 1. The fourth-order valence-electron chi connectivity index (χ4n) is 1.17. The fraction of sp³-hybridized carbons (Fsp3) is 0.182. The maximum Gasteiger partial charge on any atom is 0.311 e. The summed E-state index contributed by atoms with van der Waals surface area (Å²) in [4.78, 5) is 33.1. The predicted octanol–water partition coefficient (Wildman–Crippen LogP) is 1.58. The van der Waals surface area contributed by atoms with E-state index in [1.165, 1.54) is 25.3 Å². The molecule has 17 heavy (non-hydrogen) atoms. The van der Waals surface area contributed by atoms with Gasteiger partial charge >= 0.3 is 5.97 Å². The van der Waals surface area contributed by atoms with Crippen molar-refractivity contribution in [3.8, 4) is 5.75 Å². The molecule has 5 nitrogen and oxygen atoms in total. The monoisotopic (exact) mass is 256 g/mol. The van der Waals surface area contributed by atoms with E-state index in [0.29, 0.717) is 5.75 Å². The zero-order chi connectivity index (χ0) is 13.0. The van der Waals surface area contributed by atoms with Crippen LogP contribution in [0, 0.1) is 0 Å². The van der Waals surface area contributed by atoms with Crippen molar-refractivity contribution in [2.24, 2.45) is 0 Å². The lowest BCUT2D eigenvalue weighted by molar-refractivity contribution is -0.139. The number of ketones is 2. The molecule has 0 bridgehead atoms. The van der Waals surface area contributed by atoms with Crippen LogP contribution in [-0.2, 0) is 9.59 Å². The van der Waals surface area contributed by atoms with Crippen LogP contribution < -0.4 is 4.74 Å². The van der Waals surface area contributed by atoms with Gasteiger partial charge in [0, 0.05) is 5.56 Å². The number of carbonyl (C=O) groups is 3. The third-order valence-corrected chi connectivity index (χ3v) is 2.30. The Labute approximate surface area is 102 Å². The first-order valence-corrected chi connectivity index (χ1v) is 4.96. The van der Waals surface area contributed by atoms with E-state index in [9.17, 15) is 14.4 Å². The van der Waals surface area contributed by atoms with Gasteiger partial charge in [0.05, 0.1) is 12.1 Å². The third-order valence-electron chi connectivity index (χ3n) is 1.99. The number of aliphatic carboxylic acids is 1. The molecule has 0 spiro atoms. The van der Waals surface area contributed by atoms with Crippen molar-refractivity contribution < 1.29 is 24.2 Å². The van der Waals surface area contributed by atoms with Gasteiger partial charge in [0.1, 0.15) is 12.2 Å². The van der Waals surface area contributed by atoms with E-state index in [0.717, 1.165) is 0 Å². The molecule has 0 aliphatic carbocycles. The largest absolute Gasteiger partial charge is 0.497 e. The first kappa shape index (κ1) is 13.2. The van der Waals surface area contributed by atoms with Gasteiger partial charge < -0.3 is 9.84 Å². The summed E-state index contributed by atoms with van der Waals surface area (Å²) in [5.74, 6) is -2.84. The van der Waals surface area contributed by atoms with Gasteiger partial charge in [-0.2, -0.15) is 0 Å². The number of hydrogen-bond donors (Lipinski definition) is 1. The smallest absolute Gasteiger partial charge is 0.311 e. The molecule has 0 heterocycles. The SMILES string of the molecule is COc1ccc(C(=O)C(=O)CC(=O)O)c(Cl)c1. The molecule has 0 aliphatic heterocycles. The van der Waals surface area contributed by atoms with Crippen molar-refractivity contribution in [2.45, 2.75) is 6.42 Å². The average molecular weight is 257 g/mol. The van der Waals surface area contributed by atoms with E-state index in [4.69, 9.17) is 21.4 Å². The van der Waals surface area contributed by atoms with Gasteiger partial charge in [-0.3, -0.25) is 14.4 Å². The molecule has 6 heteroatoms. The number of Topliss-reactive ketones (excluding diaryl/α,β-unsaturated/α-hetero) is 2. The minimum Gasteiger partial charge on any atom is -0.497 e. The molecular formula is C11H9ClO5. The summed E-state index contributed by atoms with van der Waals surface area (Å²) in [6, 6.07) is 4.17. The first-order chi connectivity index (χ1) is 7.95.